The summed E-state index contributed by atoms with van der Waals surface area (Å²) in [6, 6.07) is 11.1. The highest BCUT2D eigenvalue weighted by Gasteiger charge is 2.04. The molecule has 7 heteroatoms. The minimum absolute atomic E-state index is 0.00458. The summed E-state index contributed by atoms with van der Waals surface area (Å²) >= 11 is 4.84. The molecule has 1 heterocycles. The van der Waals surface area contributed by atoms with Gasteiger partial charge in [0.05, 0.1) is 6.42 Å². The lowest BCUT2D eigenvalue weighted by Gasteiger charge is -2.05. The maximum atomic E-state index is 11.8. The number of H-pyrrole nitrogens is 2. The molecular weight excluding hydrogens is 300 g/mol. The molecule has 0 aliphatic carbocycles. The molecule has 0 aliphatic heterocycles. The van der Waals surface area contributed by atoms with Crippen molar-refractivity contribution in [3.63, 3.8) is 0 Å². The first-order valence-corrected chi connectivity index (χ1v) is 7.15. The molecule has 0 saturated carbocycles. The number of benzene rings is 1. The topological polar surface area (TPSA) is 90.1 Å². The van der Waals surface area contributed by atoms with Crippen LogP contribution >= 0.6 is 12.2 Å². The second kappa shape index (κ2) is 7.46. The summed E-state index contributed by atoms with van der Waals surface area (Å²) in [5.74, 6) is -0.236. The molecule has 0 spiro atoms. The van der Waals surface area contributed by atoms with Gasteiger partial charge in [0.15, 0.2) is 4.77 Å². The van der Waals surface area contributed by atoms with Crippen LogP contribution in [0.1, 0.15) is 24.1 Å². The summed E-state index contributed by atoms with van der Waals surface area (Å²) < 4.78 is 0.191. The van der Waals surface area contributed by atoms with Gasteiger partial charge in [0, 0.05) is 23.9 Å². The highest BCUT2D eigenvalue weighted by molar-refractivity contribution is 7.71. The molecule has 0 saturated heterocycles. The van der Waals surface area contributed by atoms with Crippen LogP contribution in [0.25, 0.3) is 0 Å². The van der Waals surface area contributed by atoms with Crippen molar-refractivity contribution in [2.75, 3.05) is 0 Å². The monoisotopic (exact) mass is 316 g/mol. The van der Waals surface area contributed by atoms with Crippen LogP contribution in [-0.4, -0.2) is 22.1 Å². The minimum atomic E-state index is -0.340. The third kappa shape index (κ3) is 4.78. The second-order valence-corrected chi connectivity index (χ2v) is 5.21. The number of hydrazone groups is 1. The predicted octanol–water partition coefficient (Wildman–Crippen LogP) is 1.88. The fraction of sp³-hybridized carbons (Fsp3) is 0.200. The molecule has 0 fully saturated rings. The van der Waals surface area contributed by atoms with Gasteiger partial charge in [-0.05, 0) is 17.8 Å². The number of rotatable bonds is 5. The number of hydrogen-bond acceptors (Lipinski definition) is 4. The molecule has 0 unspecified atom stereocenters. The number of aromatic amines is 2. The van der Waals surface area contributed by atoms with Crippen LogP contribution in [0.2, 0.25) is 0 Å². The average molecular weight is 316 g/mol. The third-order valence-electron chi connectivity index (χ3n) is 2.98. The summed E-state index contributed by atoms with van der Waals surface area (Å²) in [6.45, 7) is 1.99. The number of nitrogens with zero attached hydrogens (tertiary/aromatic N) is 1. The molecular formula is C15H16N4O2S. The van der Waals surface area contributed by atoms with Gasteiger partial charge in [-0.2, -0.15) is 5.10 Å². The van der Waals surface area contributed by atoms with Crippen molar-refractivity contribution in [2.24, 2.45) is 5.10 Å². The fourth-order valence-electron chi connectivity index (χ4n) is 1.89. The van der Waals surface area contributed by atoms with Crippen LogP contribution in [-0.2, 0) is 11.2 Å². The SMILES string of the molecule is C[C@@H](/C=N\NC(=O)Cc1cc(=O)[nH]c(=S)[nH]1)c1ccccc1. The van der Waals surface area contributed by atoms with Crippen LogP contribution in [0.3, 0.4) is 0 Å². The van der Waals surface area contributed by atoms with E-state index < -0.39 is 0 Å². The molecule has 1 aromatic carbocycles. The first-order chi connectivity index (χ1) is 10.5. The number of carbonyl (C=O) groups excluding carboxylic acids is 1. The zero-order chi connectivity index (χ0) is 15.9. The van der Waals surface area contributed by atoms with E-state index in [9.17, 15) is 9.59 Å². The van der Waals surface area contributed by atoms with Crippen molar-refractivity contribution in [3.8, 4) is 0 Å². The normalized spacial score (nSPS) is 12.2. The van der Waals surface area contributed by atoms with E-state index in [4.69, 9.17) is 12.2 Å². The van der Waals surface area contributed by atoms with E-state index in [0.29, 0.717) is 5.69 Å². The summed E-state index contributed by atoms with van der Waals surface area (Å²) in [6.07, 6.45) is 1.66. The fourth-order valence-corrected chi connectivity index (χ4v) is 2.12. The molecule has 0 radical (unpaired) electrons. The molecule has 2 rings (SSSR count). The van der Waals surface area contributed by atoms with Gasteiger partial charge in [-0.15, -0.1) is 0 Å². The molecule has 1 aromatic heterocycles. The van der Waals surface area contributed by atoms with Gasteiger partial charge < -0.3 is 4.98 Å². The molecule has 0 bridgehead atoms. The first-order valence-electron chi connectivity index (χ1n) is 6.74. The van der Waals surface area contributed by atoms with E-state index in [1.165, 1.54) is 6.07 Å². The van der Waals surface area contributed by atoms with Crippen LogP contribution in [0, 0.1) is 4.77 Å². The lowest BCUT2D eigenvalue weighted by Crippen LogP contribution is -2.22. The van der Waals surface area contributed by atoms with Crippen LogP contribution in [0.15, 0.2) is 46.3 Å². The van der Waals surface area contributed by atoms with E-state index in [2.05, 4.69) is 20.5 Å². The summed E-state index contributed by atoms with van der Waals surface area (Å²) in [4.78, 5) is 28.2. The summed E-state index contributed by atoms with van der Waals surface area (Å²) in [7, 11) is 0. The maximum Gasteiger partial charge on any atom is 0.251 e. The van der Waals surface area contributed by atoms with Gasteiger partial charge in [-0.3, -0.25) is 14.6 Å². The molecule has 22 heavy (non-hydrogen) atoms. The van der Waals surface area contributed by atoms with Crippen LogP contribution in [0.5, 0.6) is 0 Å². The van der Waals surface area contributed by atoms with E-state index >= 15 is 0 Å². The van der Waals surface area contributed by atoms with Crippen molar-refractivity contribution in [1.82, 2.24) is 15.4 Å². The summed E-state index contributed by atoms with van der Waals surface area (Å²) in [5, 5.41) is 3.94. The smallest absolute Gasteiger partial charge is 0.251 e. The Hall–Kier alpha value is -2.54. The second-order valence-electron chi connectivity index (χ2n) is 4.80. The minimum Gasteiger partial charge on any atom is -0.335 e. The highest BCUT2D eigenvalue weighted by atomic mass is 32.1. The third-order valence-corrected chi connectivity index (χ3v) is 3.18. The van der Waals surface area contributed by atoms with Gasteiger partial charge in [-0.1, -0.05) is 37.3 Å². The lowest BCUT2D eigenvalue weighted by molar-refractivity contribution is -0.120. The Morgan fingerprint density at radius 3 is 2.77 bits per heavy atom. The van der Waals surface area contributed by atoms with E-state index in [1.54, 1.807) is 6.21 Å². The van der Waals surface area contributed by atoms with Gasteiger partial charge in [0.1, 0.15) is 0 Å². The predicted molar refractivity (Wildman–Crippen MR) is 87.4 cm³/mol. The molecule has 2 aromatic rings. The van der Waals surface area contributed by atoms with E-state index in [1.807, 2.05) is 37.3 Å². The Morgan fingerprint density at radius 1 is 1.36 bits per heavy atom. The largest absolute Gasteiger partial charge is 0.335 e. The maximum absolute atomic E-state index is 11.8. The number of hydrogen-bond donors (Lipinski definition) is 3. The Labute approximate surface area is 132 Å². The standard InChI is InChI=1S/C15H16N4O2S/c1-10(11-5-3-2-4-6-11)9-16-19-14(21)8-12-7-13(20)18-15(22)17-12/h2-7,9-10H,8H2,1H3,(H,19,21)(H2,17,18,20,22)/b16-9-/t10-/m0/s1. The van der Waals surface area contributed by atoms with Gasteiger partial charge in [0.25, 0.3) is 5.56 Å². The van der Waals surface area contributed by atoms with Crippen molar-refractivity contribution in [3.05, 3.63) is 62.8 Å². The Kier molecular flexibility index (Phi) is 5.37. The molecule has 0 aliphatic rings. The number of aromatic nitrogens is 2. The highest BCUT2D eigenvalue weighted by Crippen LogP contribution is 2.11. The van der Waals surface area contributed by atoms with E-state index in [0.717, 1.165) is 5.56 Å². The number of nitrogens with one attached hydrogen (secondary N) is 3. The summed E-state index contributed by atoms with van der Waals surface area (Å²) in [5.41, 5.74) is 3.65. The van der Waals surface area contributed by atoms with Crippen molar-refractivity contribution >= 4 is 24.3 Å². The molecule has 6 nitrogen and oxygen atoms in total. The Bertz CT molecular complexity index is 752. The van der Waals surface area contributed by atoms with Gasteiger partial charge >= 0.3 is 0 Å². The zero-order valence-corrected chi connectivity index (χ0v) is 12.8. The Balaban J connectivity index is 1.91. The van der Waals surface area contributed by atoms with Crippen molar-refractivity contribution < 1.29 is 4.79 Å². The average Bonchev–Trinajstić information content (AvgIpc) is 2.47. The number of amides is 1. The van der Waals surface area contributed by atoms with Crippen LogP contribution < -0.4 is 11.0 Å². The van der Waals surface area contributed by atoms with E-state index in [-0.39, 0.29) is 28.6 Å². The zero-order valence-electron chi connectivity index (χ0n) is 12.0. The quantitative estimate of drug-likeness (QED) is 0.447. The van der Waals surface area contributed by atoms with Gasteiger partial charge in [-0.25, -0.2) is 5.43 Å². The number of carbonyl (C=O) groups is 1. The molecule has 1 amide bonds. The molecule has 1 atom stereocenters. The molecule has 114 valence electrons. The van der Waals surface area contributed by atoms with Crippen molar-refractivity contribution in [1.29, 1.82) is 0 Å². The van der Waals surface area contributed by atoms with Crippen molar-refractivity contribution in [2.45, 2.75) is 19.3 Å². The lowest BCUT2D eigenvalue weighted by atomic mass is 10.0. The molecule has 3 N–H and O–H groups in total. The Morgan fingerprint density at radius 2 is 2.09 bits per heavy atom. The van der Waals surface area contributed by atoms with Gasteiger partial charge in [0.2, 0.25) is 5.91 Å². The first kappa shape index (κ1) is 15.8. The van der Waals surface area contributed by atoms with Crippen LogP contribution in [0.4, 0.5) is 0 Å².